The quantitative estimate of drug-likeness (QED) is 0.270. The molecule has 1 aliphatic heterocycles. The van der Waals surface area contributed by atoms with E-state index in [1.54, 1.807) is 47.4 Å². The van der Waals surface area contributed by atoms with Crippen molar-refractivity contribution in [1.82, 2.24) is 10.2 Å². The molecule has 2 heterocycles. The Labute approximate surface area is 260 Å². The summed E-state index contributed by atoms with van der Waals surface area (Å²) in [4.78, 5) is 27.8. The van der Waals surface area contributed by atoms with Crippen molar-refractivity contribution in [2.45, 2.75) is 36.9 Å². The van der Waals surface area contributed by atoms with Crippen molar-refractivity contribution in [3.05, 3.63) is 85.8 Å². The van der Waals surface area contributed by atoms with Gasteiger partial charge in [-0.1, -0.05) is 77.8 Å². The molecule has 210 valence electrons. The van der Waals surface area contributed by atoms with Gasteiger partial charge in [0.15, 0.2) is 10.1 Å². The number of halogens is 3. The normalized spacial score (nSPS) is 18.3. The number of nitrogens with two attached hydrogens (primary N) is 1. The van der Waals surface area contributed by atoms with Crippen LogP contribution in [0.4, 0.5) is 10.8 Å². The summed E-state index contributed by atoms with van der Waals surface area (Å²) in [6.45, 7) is 4.01. The van der Waals surface area contributed by atoms with Crippen LogP contribution >= 0.6 is 57.9 Å². The summed E-state index contributed by atoms with van der Waals surface area (Å²) in [5, 5.41) is 23.3. The van der Waals surface area contributed by atoms with E-state index in [0.717, 1.165) is 0 Å². The van der Waals surface area contributed by atoms with E-state index >= 15 is 0 Å². The zero-order chi connectivity index (χ0) is 29.5. The molecule has 0 saturated heterocycles. The van der Waals surface area contributed by atoms with Gasteiger partial charge in [0, 0.05) is 44.0 Å². The van der Waals surface area contributed by atoms with Gasteiger partial charge >= 0.3 is 0 Å². The minimum Gasteiger partial charge on any atom is -0.384 e. The number of allylic oxidation sites excluding steroid dienone is 3. The summed E-state index contributed by atoms with van der Waals surface area (Å²) in [7, 11) is 0. The van der Waals surface area contributed by atoms with Gasteiger partial charge in [-0.25, -0.2) is 0 Å². The third-order valence-electron chi connectivity index (χ3n) is 6.71. The second-order valence-corrected chi connectivity index (χ2v) is 13.7. The van der Waals surface area contributed by atoms with E-state index in [9.17, 15) is 14.9 Å². The van der Waals surface area contributed by atoms with Crippen molar-refractivity contribution >= 4 is 80.4 Å². The summed E-state index contributed by atoms with van der Waals surface area (Å²) >= 11 is 21.5. The third-order valence-corrected chi connectivity index (χ3v) is 9.66. The highest BCUT2D eigenvalue weighted by atomic mass is 35.5. The first kappa shape index (κ1) is 29.4. The molecule has 1 atom stereocenters. The first-order chi connectivity index (χ1) is 19.5. The number of carbonyl (C=O) groups excluding carboxylic acids is 2. The number of thioether (sulfide) groups is 1. The fourth-order valence-electron chi connectivity index (χ4n) is 5.01. The Balaban J connectivity index is 1.49. The number of hydrogen-bond acceptors (Lipinski definition) is 9. The number of ketones is 1. The van der Waals surface area contributed by atoms with Crippen molar-refractivity contribution in [2.75, 3.05) is 16.0 Å². The largest absolute Gasteiger partial charge is 0.384 e. The van der Waals surface area contributed by atoms with E-state index in [0.29, 0.717) is 53.5 Å². The van der Waals surface area contributed by atoms with Gasteiger partial charge in [-0.2, -0.15) is 5.26 Å². The standard InChI is InChI=1S/C28H23Cl3N6O2S2/c1-28(2)10-19-24(20(38)11-28)22(23-17(30)4-3-5-18(23)31)16(12-32)25(33)37(19)26-35-36-27(41-26)40-13-21(39)34-15-8-6-14(29)7-9-15/h3-9,22H,10-11,13,33H2,1-2H3,(H,34,39). The molecule has 1 aromatic heterocycles. The summed E-state index contributed by atoms with van der Waals surface area (Å²) in [6.07, 6.45) is 0.786. The first-order valence-electron chi connectivity index (χ1n) is 12.4. The number of rotatable bonds is 6. The van der Waals surface area contributed by atoms with E-state index in [-0.39, 0.29) is 40.7 Å². The second-order valence-electron chi connectivity index (χ2n) is 10.3. The molecule has 8 nitrogen and oxygen atoms in total. The lowest BCUT2D eigenvalue weighted by atomic mass is 9.68. The Morgan fingerprint density at radius 3 is 2.51 bits per heavy atom. The Morgan fingerprint density at radius 2 is 1.85 bits per heavy atom. The molecule has 5 rings (SSSR count). The molecular formula is C28H23Cl3N6O2S2. The van der Waals surface area contributed by atoms with Crippen LogP contribution < -0.4 is 16.0 Å². The summed E-state index contributed by atoms with van der Waals surface area (Å²) in [6, 6.07) is 14.1. The molecule has 2 aliphatic rings. The minimum atomic E-state index is -0.811. The van der Waals surface area contributed by atoms with Crippen LogP contribution in [0.3, 0.4) is 0 Å². The molecule has 0 radical (unpaired) electrons. The van der Waals surface area contributed by atoms with Crippen molar-refractivity contribution in [3.63, 3.8) is 0 Å². The number of nitrogens with one attached hydrogen (secondary N) is 1. The van der Waals surface area contributed by atoms with Gasteiger partial charge in [0.1, 0.15) is 5.82 Å². The van der Waals surface area contributed by atoms with Gasteiger partial charge in [0.25, 0.3) is 0 Å². The van der Waals surface area contributed by atoms with Gasteiger partial charge in [0.2, 0.25) is 11.0 Å². The zero-order valence-electron chi connectivity index (χ0n) is 21.9. The number of Topliss-reactive ketones (excluding diaryl/α,β-unsaturated/α-hetero) is 1. The number of benzene rings is 2. The van der Waals surface area contributed by atoms with E-state index < -0.39 is 5.92 Å². The number of nitrogens with zero attached hydrogens (tertiary/aromatic N) is 4. The predicted octanol–water partition coefficient (Wildman–Crippen LogP) is 7.17. The Bertz CT molecular complexity index is 1640. The Hall–Kier alpha value is -3.07. The highest BCUT2D eigenvalue weighted by Gasteiger charge is 2.46. The molecule has 3 N–H and O–H groups in total. The monoisotopic (exact) mass is 644 g/mol. The maximum atomic E-state index is 13.7. The molecule has 1 aliphatic carbocycles. The van der Waals surface area contributed by atoms with Crippen molar-refractivity contribution in [3.8, 4) is 6.07 Å². The maximum Gasteiger partial charge on any atom is 0.234 e. The number of carbonyl (C=O) groups is 2. The van der Waals surface area contributed by atoms with Crippen LogP contribution in [0.1, 0.15) is 38.2 Å². The summed E-state index contributed by atoms with van der Waals surface area (Å²) < 4.78 is 0.525. The van der Waals surface area contributed by atoms with E-state index in [1.807, 2.05) is 13.8 Å². The van der Waals surface area contributed by atoms with E-state index in [2.05, 4.69) is 21.6 Å². The van der Waals surface area contributed by atoms with Crippen LogP contribution in [0.25, 0.3) is 0 Å². The molecule has 0 spiro atoms. The number of aromatic nitrogens is 2. The summed E-state index contributed by atoms with van der Waals surface area (Å²) in [5.74, 6) is -0.915. The average Bonchev–Trinajstić information content (AvgIpc) is 3.36. The van der Waals surface area contributed by atoms with Gasteiger partial charge in [-0.15, -0.1) is 10.2 Å². The van der Waals surface area contributed by atoms with E-state index in [4.69, 9.17) is 40.5 Å². The second kappa shape index (κ2) is 11.7. The van der Waals surface area contributed by atoms with Crippen molar-refractivity contribution in [2.24, 2.45) is 11.1 Å². The lowest BCUT2D eigenvalue weighted by molar-refractivity contribution is -0.118. The van der Waals surface area contributed by atoms with Crippen molar-refractivity contribution in [1.29, 1.82) is 5.26 Å². The molecule has 2 aromatic carbocycles. The molecule has 1 unspecified atom stereocenters. The Kier molecular flexibility index (Phi) is 8.37. The van der Waals surface area contributed by atoms with Crippen molar-refractivity contribution < 1.29 is 9.59 Å². The minimum absolute atomic E-state index is 0.0958. The van der Waals surface area contributed by atoms with Gasteiger partial charge in [0.05, 0.1) is 23.3 Å². The predicted molar refractivity (Wildman–Crippen MR) is 164 cm³/mol. The van der Waals surface area contributed by atoms with E-state index in [1.165, 1.54) is 23.1 Å². The number of anilines is 2. The smallest absolute Gasteiger partial charge is 0.234 e. The molecule has 41 heavy (non-hydrogen) atoms. The topological polar surface area (TPSA) is 125 Å². The van der Waals surface area contributed by atoms with Gasteiger partial charge < -0.3 is 11.1 Å². The molecule has 0 fully saturated rings. The third kappa shape index (κ3) is 5.96. The number of hydrogen-bond donors (Lipinski definition) is 2. The summed E-state index contributed by atoms with van der Waals surface area (Å²) in [5.41, 5.74) is 8.62. The van der Waals surface area contributed by atoms with Crippen LogP contribution in [0.2, 0.25) is 15.1 Å². The molecule has 0 saturated carbocycles. The lowest BCUT2D eigenvalue weighted by Crippen LogP contribution is -2.42. The molecule has 1 amide bonds. The fraction of sp³-hybridized carbons (Fsp3) is 0.250. The number of nitriles is 1. The molecular weight excluding hydrogens is 623 g/mol. The molecule has 0 bridgehead atoms. The Morgan fingerprint density at radius 1 is 1.17 bits per heavy atom. The highest BCUT2D eigenvalue weighted by Crippen LogP contribution is 2.52. The van der Waals surface area contributed by atoms with Gasteiger partial charge in [-0.3, -0.25) is 14.5 Å². The molecule has 13 heteroatoms. The van der Waals surface area contributed by atoms with Crippen LogP contribution in [0.15, 0.2) is 69.5 Å². The average molecular weight is 646 g/mol. The van der Waals surface area contributed by atoms with Crippen LogP contribution in [-0.2, 0) is 9.59 Å². The fourth-order valence-corrected chi connectivity index (χ4v) is 7.43. The number of amides is 1. The SMILES string of the molecule is CC1(C)CC(=O)C2=C(C1)N(c1nnc(SCC(=O)Nc3ccc(Cl)cc3)s1)C(N)=C(C#N)C2c1c(Cl)cccc1Cl. The van der Waals surface area contributed by atoms with Crippen LogP contribution in [0.5, 0.6) is 0 Å². The lowest BCUT2D eigenvalue weighted by Gasteiger charge is -2.42. The van der Waals surface area contributed by atoms with Crippen LogP contribution in [-0.4, -0.2) is 27.6 Å². The molecule has 3 aromatic rings. The zero-order valence-corrected chi connectivity index (χ0v) is 25.8. The van der Waals surface area contributed by atoms with Gasteiger partial charge in [-0.05, 0) is 48.2 Å². The highest BCUT2D eigenvalue weighted by molar-refractivity contribution is 8.01. The maximum absolute atomic E-state index is 13.7. The van der Waals surface area contributed by atoms with Crippen LogP contribution in [0, 0.1) is 16.7 Å². The first-order valence-corrected chi connectivity index (χ1v) is 15.3.